The summed E-state index contributed by atoms with van der Waals surface area (Å²) in [6, 6.07) is 1.07. The van der Waals surface area contributed by atoms with E-state index in [1.54, 1.807) is 0 Å². The summed E-state index contributed by atoms with van der Waals surface area (Å²) in [4.78, 5) is 0. The second-order valence-corrected chi connectivity index (χ2v) is 5.85. The van der Waals surface area contributed by atoms with E-state index in [2.05, 4.69) is 20.4 Å². The minimum absolute atomic E-state index is 0.872. The molecule has 0 aliphatic heterocycles. The van der Waals surface area contributed by atoms with Crippen LogP contribution in [0.15, 0.2) is 12.7 Å². The van der Waals surface area contributed by atoms with Crippen LogP contribution in [0.3, 0.4) is 0 Å². The van der Waals surface area contributed by atoms with Crippen LogP contribution in [0, 0.1) is 0 Å². The Bertz CT molecular complexity index is 130. The molecule has 0 atom stereocenters. The first-order chi connectivity index (χ1) is 7.35. The van der Waals surface area contributed by atoms with Crippen molar-refractivity contribution in [3.05, 3.63) is 12.7 Å². The molecule has 0 saturated carbocycles. The van der Waals surface area contributed by atoms with Gasteiger partial charge < -0.3 is 8.85 Å². The van der Waals surface area contributed by atoms with Crippen LogP contribution in [0.1, 0.15) is 46.0 Å². The predicted molar refractivity (Wildman–Crippen MR) is 68.5 cm³/mol. The smallest absolute Gasteiger partial charge is 0.321 e. The fourth-order valence-corrected chi connectivity index (χ4v) is 2.98. The summed E-state index contributed by atoms with van der Waals surface area (Å²) in [5.74, 6) is 0. The number of rotatable bonds is 11. The van der Waals surface area contributed by atoms with E-state index in [0.29, 0.717) is 0 Å². The van der Waals surface area contributed by atoms with Crippen LogP contribution in [0.25, 0.3) is 0 Å². The van der Waals surface area contributed by atoms with Gasteiger partial charge in [0.2, 0.25) is 0 Å². The highest BCUT2D eigenvalue weighted by Gasteiger charge is 2.11. The Morgan fingerprint density at radius 2 is 1.60 bits per heavy atom. The quantitative estimate of drug-likeness (QED) is 0.308. The third-order valence-electron chi connectivity index (χ3n) is 2.21. The van der Waals surface area contributed by atoms with Crippen molar-refractivity contribution in [3.63, 3.8) is 0 Å². The van der Waals surface area contributed by atoms with Crippen molar-refractivity contribution in [2.45, 2.75) is 52.0 Å². The second-order valence-electron chi connectivity index (χ2n) is 3.74. The van der Waals surface area contributed by atoms with Crippen molar-refractivity contribution in [1.29, 1.82) is 0 Å². The summed E-state index contributed by atoms with van der Waals surface area (Å²) < 4.78 is 11.6. The highest BCUT2D eigenvalue weighted by molar-refractivity contribution is 6.44. The summed E-state index contributed by atoms with van der Waals surface area (Å²) in [6.07, 6.45) is 7.65. The Kier molecular flexibility index (Phi) is 11.9. The molecule has 0 aliphatic carbocycles. The van der Waals surface area contributed by atoms with E-state index in [4.69, 9.17) is 8.85 Å². The molecule has 0 aromatic carbocycles. The topological polar surface area (TPSA) is 18.5 Å². The SMILES string of the molecule is C=CCC[SiH](OCCCC)OCCCC. The molecule has 90 valence electrons. The lowest BCUT2D eigenvalue weighted by Gasteiger charge is -2.15. The minimum atomic E-state index is -1.39. The summed E-state index contributed by atoms with van der Waals surface area (Å²) in [7, 11) is -1.39. The zero-order valence-corrected chi connectivity index (χ0v) is 11.5. The molecule has 2 nitrogen and oxygen atoms in total. The van der Waals surface area contributed by atoms with Crippen LogP contribution in [-0.4, -0.2) is 22.5 Å². The van der Waals surface area contributed by atoms with Crippen molar-refractivity contribution >= 4 is 9.28 Å². The molecule has 0 rings (SSSR count). The van der Waals surface area contributed by atoms with Crippen molar-refractivity contribution in [2.75, 3.05) is 13.2 Å². The fourth-order valence-electron chi connectivity index (χ4n) is 1.19. The lowest BCUT2D eigenvalue weighted by atomic mass is 10.4. The average Bonchev–Trinajstić information content (AvgIpc) is 2.25. The van der Waals surface area contributed by atoms with E-state index in [1.807, 2.05) is 6.08 Å². The number of hydrogen-bond acceptors (Lipinski definition) is 2. The molecule has 0 amide bonds. The van der Waals surface area contributed by atoms with Gasteiger partial charge in [0.15, 0.2) is 0 Å². The fraction of sp³-hybridized carbons (Fsp3) is 0.833. The number of hydrogen-bond donors (Lipinski definition) is 0. The first-order valence-corrected chi connectivity index (χ1v) is 7.95. The largest absolute Gasteiger partial charge is 0.397 e. The van der Waals surface area contributed by atoms with Crippen LogP contribution in [0.2, 0.25) is 6.04 Å². The molecule has 0 aromatic rings. The van der Waals surface area contributed by atoms with Crippen molar-refractivity contribution in [2.24, 2.45) is 0 Å². The van der Waals surface area contributed by atoms with Crippen molar-refractivity contribution < 1.29 is 8.85 Å². The van der Waals surface area contributed by atoms with Gasteiger partial charge in [-0.1, -0.05) is 32.8 Å². The van der Waals surface area contributed by atoms with Gasteiger partial charge >= 0.3 is 9.28 Å². The van der Waals surface area contributed by atoms with Gasteiger partial charge in [0.25, 0.3) is 0 Å². The maximum atomic E-state index is 5.80. The Morgan fingerprint density at radius 3 is 2.00 bits per heavy atom. The van der Waals surface area contributed by atoms with Gasteiger partial charge in [-0.2, -0.15) is 0 Å². The minimum Gasteiger partial charge on any atom is -0.397 e. The Balaban J connectivity index is 3.57. The monoisotopic (exact) mass is 230 g/mol. The maximum Gasteiger partial charge on any atom is 0.321 e. The Morgan fingerprint density at radius 1 is 1.07 bits per heavy atom. The molecule has 0 N–H and O–H groups in total. The molecule has 3 heteroatoms. The average molecular weight is 230 g/mol. The van der Waals surface area contributed by atoms with Gasteiger partial charge in [-0.15, -0.1) is 6.58 Å². The lowest BCUT2D eigenvalue weighted by molar-refractivity contribution is 0.191. The van der Waals surface area contributed by atoms with Crippen LogP contribution < -0.4 is 0 Å². The molecule has 15 heavy (non-hydrogen) atoms. The summed E-state index contributed by atoms with van der Waals surface area (Å²) in [5.41, 5.74) is 0. The van der Waals surface area contributed by atoms with Gasteiger partial charge in [0.1, 0.15) is 0 Å². The van der Waals surface area contributed by atoms with E-state index in [1.165, 1.54) is 12.8 Å². The van der Waals surface area contributed by atoms with Crippen molar-refractivity contribution in [1.82, 2.24) is 0 Å². The maximum absolute atomic E-state index is 5.80. The summed E-state index contributed by atoms with van der Waals surface area (Å²) in [5, 5.41) is 0. The predicted octanol–water partition coefficient (Wildman–Crippen LogP) is 3.42. The van der Waals surface area contributed by atoms with Crippen LogP contribution >= 0.6 is 0 Å². The van der Waals surface area contributed by atoms with E-state index in [0.717, 1.165) is 38.5 Å². The Labute approximate surface area is 96.5 Å². The molecule has 0 heterocycles. The van der Waals surface area contributed by atoms with E-state index >= 15 is 0 Å². The highest BCUT2D eigenvalue weighted by atomic mass is 28.3. The van der Waals surface area contributed by atoms with Crippen molar-refractivity contribution in [3.8, 4) is 0 Å². The highest BCUT2D eigenvalue weighted by Crippen LogP contribution is 2.05. The molecule has 0 unspecified atom stereocenters. The van der Waals surface area contributed by atoms with Crippen LogP contribution in [-0.2, 0) is 8.85 Å². The molecule has 0 spiro atoms. The molecule has 0 fully saturated rings. The third kappa shape index (κ3) is 10.2. The molecule has 0 aromatic heterocycles. The zero-order valence-electron chi connectivity index (χ0n) is 10.3. The first kappa shape index (κ1) is 14.9. The molecule has 0 bridgehead atoms. The number of allylic oxidation sites excluding steroid dienone is 1. The Hall–Kier alpha value is -0.123. The molecule has 0 radical (unpaired) electrons. The van der Waals surface area contributed by atoms with Gasteiger partial charge in [0.05, 0.1) is 0 Å². The van der Waals surface area contributed by atoms with Crippen LogP contribution in [0.5, 0.6) is 0 Å². The van der Waals surface area contributed by atoms with Gasteiger partial charge in [-0.25, -0.2) is 0 Å². The lowest BCUT2D eigenvalue weighted by Crippen LogP contribution is -2.23. The van der Waals surface area contributed by atoms with E-state index < -0.39 is 9.28 Å². The van der Waals surface area contributed by atoms with Gasteiger partial charge in [-0.3, -0.25) is 0 Å². The van der Waals surface area contributed by atoms with Crippen LogP contribution in [0.4, 0.5) is 0 Å². The molecule has 0 saturated heterocycles. The second kappa shape index (κ2) is 11.9. The molecular weight excluding hydrogens is 204 g/mol. The standard InChI is InChI=1S/C12H26O2Si/c1-4-7-10-13-15(12-9-6-3)14-11-8-5-2/h6,15H,3-5,7-12H2,1-2H3. The first-order valence-electron chi connectivity index (χ1n) is 6.19. The summed E-state index contributed by atoms with van der Waals surface area (Å²) >= 11 is 0. The normalized spacial score (nSPS) is 10.9. The van der Waals surface area contributed by atoms with E-state index in [-0.39, 0.29) is 0 Å². The zero-order chi connectivity index (χ0) is 11.4. The van der Waals surface area contributed by atoms with Gasteiger partial charge in [-0.05, 0) is 25.3 Å². The van der Waals surface area contributed by atoms with Gasteiger partial charge in [0, 0.05) is 13.2 Å². The third-order valence-corrected chi connectivity index (χ3v) is 4.23. The molecule has 0 aliphatic rings. The number of unbranched alkanes of at least 4 members (excludes halogenated alkanes) is 2. The van der Waals surface area contributed by atoms with E-state index in [9.17, 15) is 0 Å². The summed E-state index contributed by atoms with van der Waals surface area (Å²) in [6.45, 7) is 9.84. The molecular formula is C12H26O2Si.